The molecule has 1 heterocycles. The van der Waals surface area contributed by atoms with E-state index in [-0.39, 0.29) is 5.97 Å². The lowest BCUT2D eigenvalue weighted by molar-refractivity contribution is -0.150. The summed E-state index contributed by atoms with van der Waals surface area (Å²) in [5, 5.41) is 0. The smallest absolute Gasteiger partial charge is 0.338 e. The molecule has 0 fully saturated rings. The molecule has 0 aliphatic carbocycles. The fourth-order valence-electron chi connectivity index (χ4n) is 1.46. The number of hydrogen-bond donors (Lipinski definition) is 0. The van der Waals surface area contributed by atoms with E-state index in [4.69, 9.17) is 4.74 Å². The molecule has 0 aromatic heterocycles. The lowest BCUT2D eigenvalue weighted by Crippen LogP contribution is -2.12. The second-order valence-corrected chi connectivity index (χ2v) is 4.32. The van der Waals surface area contributed by atoms with Crippen LogP contribution in [0.5, 0.6) is 0 Å². The average Bonchev–Trinajstić information content (AvgIpc) is 2.83. The van der Waals surface area contributed by atoms with Crippen molar-refractivity contribution >= 4 is 17.9 Å². The van der Waals surface area contributed by atoms with E-state index in [2.05, 4.69) is 25.2 Å². The highest BCUT2D eigenvalue weighted by atomic mass is 16.6. The van der Waals surface area contributed by atoms with Crippen LogP contribution in [0.25, 0.3) is 0 Å². The van der Waals surface area contributed by atoms with E-state index < -0.39 is 11.9 Å². The van der Waals surface area contributed by atoms with Crippen molar-refractivity contribution in [2.24, 2.45) is 5.92 Å². The molecule has 5 nitrogen and oxygen atoms in total. The summed E-state index contributed by atoms with van der Waals surface area (Å²) in [6.07, 6.45) is 8.02. The molecule has 0 spiro atoms. The third-order valence-electron chi connectivity index (χ3n) is 2.73. The number of carbonyl (C=O) groups excluding carboxylic acids is 3. The lowest BCUT2D eigenvalue weighted by Gasteiger charge is -2.13. The van der Waals surface area contributed by atoms with Crippen LogP contribution in [-0.4, -0.2) is 24.5 Å². The predicted molar refractivity (Wildman–Crippen MR) is 74.7 cm³/mol. The first-order valence-electron chi connectivity index (χ1n) is 6.76. The summed E-state index contributed by atoms with van der Waals surface area (Å²) in [4.78, 5) is 30.6. The third kappa shape index (κ3) is 9.08. The Kier molecular flexibility index (Phi) is 9.92. The molecule has 0 saturated heterocycles. The van der Waals surface area contributed by atoms with Crippen molar-refractivity contribution in [1.29, 1.82) is 0 Å². The highest BCUT2D eigenvalue weighted by Gasteiger charge is 2.10. The predicted octanol–water partition coefficient (Wildman–Crippen LogP) is 2.56. The lowest BCUT2D eigenvalue weighted by atomic mass is 10.0. The highest BCUT2D eigenvalue weighted by molar-refractivity contribution is 6.04. The van der Waals surface area contributed by atoms with Crippen molar-refractivity contribution in [2.45, 2.75) is 39.5 Å². The SMILES string of the molecule is C=CC(=O)OCC(CC)CCCC.O=C1C=CC(=O)O1. The monoisotopic (exact) mass is 282 g/mol. The van der Waals surface area contributed by atoms with Crippen molar-refractivity contribution in [2.75, 3.05) is 6.61 Å². The van der Waals surface area contributed by atoms with Gasteiger partial charge < -0.3 is 9.47 Å². The van der Waals surface area contributed by atoms with Gasteiger partial charge in [-0.15, -0.1) is 0 Å². The second-order valence-electron chi connectivity index (χ2n) is 4.32. The van der Waals surface area contributed by atoms with Gasteiger partial charge in [-0.1, -0.05) is 39.7 Å². The summed E-state index contributed by atoms with van der Waals surface area (Å²) in [6, 6.07) is 0. The van der Waals surface area contributed by atoms with Crippen molar-refractivity contribution in [1.82, 2.24) is 0 Å². The molecule has 1 rings (SSSR count). The molecule has 0 aromatic carbocycles. The summed E-state index contributed by atoms with van der Waals surface area (Å²) in [5.74, 6) is -0.950. The topological polar surface area (TPSA) is 69.7 Å². The second kappa shape index (κ2) is 11.0. The number of esters is 3. The first kappa shape index (κ1) is 18.1. The maximum atomic E-state index is 10.8. The minimum absolute atomic E-state index is 0.310. The van der Waals surface area contributed by atoms with Gasteiger partial charge in [0.15, 0.2) is 0 Å². The number of cyclic esters (lactones) is 2. The van der Waals surface area contributed by atoms with E-state index in [1.807, 2.05) is 0 Å². The van der Waals surface area contributed by atoms with E-state index in [0.29, 0.717) is 12.5 Å². The Hall–Kier alpha value is -1.91. The first-order chi connectivity index (χ1) is 9.53. The Labute approximate surface area is 119 Å². The molecular weight excluding hydrogens is 260 g/mol. The van der Waals surface area contributed by atoms with Crippen LogP contribution in [-0.2, 0) is 23.9 Å². The minimum Gasteiger partial charge on any atom is -0.462 e. The Morgan fingerprint density at radius 3 is 2.30 bits per heavy atom. The van der Waals surface area contributed by atoms with E-state index in [1.165, 1.54) is 18.9 Å². The van der Waals surface area contributed by atoms with Gasteiger partial charge >= 0.3 is 17.9 Å². The van der Waals surface area contributed by atoms with Crippen LogP contribution in [0, 0.1) is 5.92 Å². The van der Waals surface area contributed by atoms with Crippen LogP contribution >= 0.6 is 0 Å². The summed E-state index contributed by atoms with van der Waals surface area (Å²) >= 11 is 0. The molecule has 0 saturated carbocycles. The van der Waals surface area contributed by atoms with E-state index in [1.54, 1.807) is 0 Å². The van der Waals surface area contributed by atoms with E-state index in [0.717, 1.165) is 25.0 Å². The molecule has 112 valence electrons. The number of ether oxygens (including phenoxy) is 2. The zero-order chi connectivity index (χ0) is 15.4. The first-order valence-corrected chi connectivity index (χ1v) is 6.76. The third-order valence-corrected chi connectivity index (χ3v) is 2.73. The minimum atomic E-state index is -0.579. The van der Waals surface area contributed by atoms with Crippen LogP contribution in [0.4, 0.5) is 0 Å². The molecule has 0 N–H and O–H groups in total. The fraction of sp³-hybridized carbons (Fsp3) is 0.533. The summed E-state index contributed by atoms with van der Waals surface area (Å²) in [5.41, 5.74) is 0. The normalized spacial score (nSPS) is 14.1. The molecule has 1 atom stereocenters. The number of unbranched alkanes of at least 4 members (excludes halogenated alkanes) is 1. The van der Waals surface area contributed by atoms with Crippen LogP contribution in [0.2, 0.25) is 0 Å². The van der Waals surface area contributed by atoms with Crippen LogP contribution < -0.4 is 0 Å². The Morgan fingerprint density at radius 2 is 1.95 bits per heavy atom. The van der Waals surface area contributed by atoms with Gasteiger partial charge in [-0.05, 0) is 12.3 Å². The zero-order valence-electron chi connectivity index (χ0n) is 12.1. The summed E-state index contributed by atoms with van der Waals surface area (Å²) in [7, 11) is 0. The molecule has 0 radical (unpaired) electrons. The van der Waals surface area contributed by atoms with Gasteiger partial charge in [0, 0.05) is 18.2 Å². The van der Waals surface area contributed by atoms with Crippen LogP contribution in [0.1, 0.15) is 39.5 Å². The standard InChI is InChI=1S/C11H20O2.C4H2O3/c1-4-7-8-10(5-2)9-13-11(12)6-3;5-3-1-2-4(6)7-3/h6,10H,3-5,7-9H2,1-2H3;1-2H. The summed E-state index contributed by atoms with van der Waals surface area (Å²) in [6.45, 7) is 8.19. The molecule has 0 amide bonds. The van der Waals surface area contributed by atoms with Gasteiger partial charge in [0.05, 0.1) is 6.61 Å². The molecule has 0 bridgehead atoms. The molecular formula is C15H22O5. The van der Waals surface area contributed by atoms with Crippen molar-refractivity contribution < 1.29 is 23.9 Å². The Balaban J connectivity index is 0.000000428. The average molecular weight is 282 g/mol. The number of carbonyl (C=O) groups is 3. The summed E-state index contributed by atoms with van der Waals surface area (Å²) < 4.78 is 8.96. The van der Waals surface area contributed by atoms with Crippen molar-refractivity contribution in [3.8, 4) is 0 Å². The highest BCUT2D eigenvalue weighted by Crippen LogP contribution is 2.12. The number of rotatable bonds is 7. The molecule has 1 unspecified atom stereocenters. The van der Waals surface area contributed by atoms with E-state index in [9.17, 15) is 14.4 Å². The zero-order valence-corrected chi connectivity index (χ0v) is 12.1. The fourth-order valence-corrected chi connectivity index (χ4v) is 1.46. The number of hydrogen-bond acceptors (Lipinski definition) is 5. The van der Waals surface area contributed by atoms with E-state index >= 15 is 0 Å². The van der Waals surface area contributed by atoms with Crippen LogP contribution in [0.15, 0.2) is 24.8 Å². The van der Waals surface area contributed by atoms with Crippen molar-refractivity contribution in [3.05, 3.63) is 24.8 Å². The van der Waals surface area contributed by atoms with Gasteiger partial charge in [0.25, 0.3) is 0 Å². The van der Waals surface area contributed by atoms with Gasteiger partial charge in [0.1, 0.15) is 0 Å². The Bertz CT molecular complexity index is 354. The quantitative estimate of drug-likeness (QED) is 0.408. The molecule has 1 aliphatic heterocycles. The Morgan fingerprint density at radius 1 is 1.35 bits per heavy atom. The maximum absolute atomic E-state index is 10.8. The van der Waals surface area contributed by atoms with Gasteiger partial charge in [-0.25, -0.2) is 14.4 Å². The van der Waals surface area contributed by atoms with Crippen molar-refractivity contribution in [3.63, 3.8) is 0 Å². The molecule has 5 heteroatoms. The molecule has 0 aromatic rings. The van der Waals surface area contributed by atoms with Gasteiger partial charge in [-0.2, -0.15) is 0 Å². The largest absolute Gasteiger partial charge is 0.462 e. The van der Waals surface area contributed by atoms with Gasteiger partial charge in [0.2, 0.25) is 0 Å². The van der Waals surface area contributed by atoms with Crippen LogP contribution in [0.3, 0.4) is 0 Å². The molecule has 20 heavy (non-hydrogen) atoms. The molecule has 1 aliphatic rings. The maximum Gasteiger partial charge on any atom is 0.338 e. The van der Waals surface area contributed by atoms with Gasteiger partial charge in [-0.3, -0.25) is 0 Å².